The molecule has 1 rings (SSSR count). The Morgan fingerprint density at radius 2 is 2.14 bits per heavy atom. The molecular formula is C14H22N2O4S. The molecule has 1 aromatic carbocycles. The van der Waals surface area contributed by atoms with Gasteiger partial charge in [-0.3, -0.25) is 0 Å². The zero-order valence-electron chi connectivity index (χ0n) is 12.3. The lowest BCUT2D eigenvalue weighted by Gasteiger charge is -2.16. The molecule has 0 aliphatic heterocycles. The molecule has 0 aliphatic rings. The summed E-state index contributed by atoms with van der Waals surface area (Å²) in [5.41, 5.74) is 5.79. The Hall–Kier alpha value is -1.44. The maximum Gasteiger partial charge on any atom is 0.337 e. The van der Waals surface area contributed by atoms with Crippen molar-refractivity contribution in [2.75, 3.05) is 13.7 Å². The molecule has 0 heterocycles. The van der Waals surface area contributed by atoms with Gasteiger partial charge in [0.15, 0.2) is 0 Å². The van der Waals surface area contributed by atoms with E-state index in [0.29, 0.717) is 6.42 Å². The van der Waals surface area contributed by atoms with Gasteiger partial charge in [0.05, 0.1) is 17.6 Å². The molecule has 118 valence electrons. The lowest BCUT2D eigenvalue weighted by atomic mass is 10.1. The van der Waals surface area contributed by atoms with Crippen molar-refractivity contribution in [2.45, 2.75) is 37.1 Å². The summed E-state index contributed by atoms with van der Waals surface area (Å²) >= 11 is 0. The maximum absolute atomic E-state index is 12.3. The Kier molecular flexibility index (Phi) is 6.80. The minimum absolute atomic E-state index is 0.0281. The third kappa shape index (κ3) is 5.11. The molecule has 0 amide bonds. The molecule has 0 aliphatic carbocycles. The van der Waals surface area contributed by atoms with Crippen molar-refractivity contribution in [1.82, 2.24) is 4.72 Å². The second-order valence-corrected chi connectivity index (χ2v) is 6.43. The van der Waals surface area contributed by atoms with E-state index in [1.807, 2.05) is 6.92 Å². The number of carbonyl (C=O) groups is 1. The Bertz CT molecular complexity index is 572. The van der Waals surface area contributed by atoms with Crippen molar-refractivity contribution in [3.63, 3.8) is 0 Å². The number of nitrogens with two attached hydrogens (primary N) is 1. The van der Waals surface area contributed by atoms with Gasteiger partial charge in [-0.2, -0.15) is 0 Å². The molecule has 0 bridgehead atoms. The summed E-state index contributed by atoms with van der Waals surface area (Å²) in [6.45, 7) is 2.26. The molecule has 0 saturated carbocycles. The first kappa shape index (κ1) is 17.6. The topological polar surface area (TPSA) is 98.5 Å². The first-order chi connectivity index (χ1) is 9.94. The van der Waals surface area contributed by atoms with E-state index in [4.69, 9.17) is 5.73 Å². The number of ether oxygens (including phenoxy) is 1. The van der Waals surface area contributed by atoms with E-state index in [-0.39, 0.29) is 23.0 Å². The van der Waals surface area contributed by atoms with Gasteiger partial charge in [0.25, 0.3) is 0 Å². The molecule has 7 heteroatoms. The van der Waals surface area contributed by atoms with Crippen molar-refractivity contribution in [2.24, 2.45) is 5.73 Å². The van der Waals surface area contributed by atoms with Crippen LogP contribution in [-0.2, 0) is 14.8 Å². The summed E-state index contributed by atoms with van der Waals surface area (Å²) in [5.74, 6) is -0.576. The number of unbranched alkanes of at least 4 members (excludes halogenated alkanes) is 1. The molecule has 0 spiro atoms. The van der Waals surface area contributed by atoms with Gasteiger partial charge in [-0.15, -0.1) is 0 Å². The summed E-state index contributed by atoms with van der Waals surface area (Å²) in [6, 6.07) is 5.42. The maximum atomic E-state index is 12.3. The number of carbonyl (C=O) groups excluding carboxylic acids is 1. The summed E-state index contributed by atoms with van der Waals surface area (Å²) in [7, 11) is -2.46. The average Bonchev–Trinajstić information content (AvgIpc) is 2.50. The van der Waals surface area contributed by atoms with Gasteiger partial charge >= 0.3 is 5.97 Å². The number of rotatable bonds is 8. The molecule has 3 N–H and O–H groups in total. The van der Waals surface area contributed by atoms with Gasteiger partial charge in [0, 0.05) is 12.6 Å². The highest BCUT2D eigenvalue weighted by atomic mass is 32.2. The second-order valence-electron chi connectivity index (χ2n) is 4.72. The predicted molar refractivity (Wildman–Crippen MR) is 80.5 cm³/mol. The number of sulfonamides is 1. The van der Waals surface area contributed by atoms with E-state index in [2.05, 4.69) is 9.46 Å². The van der Waals surface area contributed by atoms with Gasteiger partial charge in [-0.05, 0) is 24.6 Å². The van der Waals surface area contributed by atoms with Crippen LogP contribution in [0.3, 0.4) is 0 Å². The summed E-state index contributed by atoms with van der Waals surface area (Å²) in [5, 5.41) is 0. The van der Waals surface area contributed by atoms with Crippen LogP contribution < -0.4 is 10.5 Å². The molecule has 0 saturated heterocycles. The minimum atomic E-state index is -3.70. The van der Waals surface area contributed by atoms with Crippen LogP contribution in [0.1, 0.15) is 36.5 Å². The highest BCUT2D eigenvalue weighted by molar-refractivity contribution is 7.89. The number of benzene rings is 1. The van der Waals surface area contributed by atoms with Gasteiger partial charge < -0.3 is 10.5 Å². The van der Waals surface area contributed by atoms with Crippen LogP contribution in [0.5, 0.6) is 0 Å². The van der Waals surface area contributed by atoms with Crippen LogP contribution in [0.2, 0.25) is 0 Å². The van der Waals surface area contributed by atoms with Crippen molar-refractivity contribution >= 4 is 16.0 Å². The molecule has 1 atom stereocenters. The lowest BCUT2D eigenvalue weighted by Crippen LogP contribution is -2.40. The van der Waals surface area contributed by atoms with Gasteiger partial charge in [-0.25, -0.2) is 17.9 Å². The van der Waals surface area contributed by atoms with E-state index in [9.17, 15) is 13.2 Å². The molecule has 6 nitrogen and oxygen atoms in total. The zero-order chi connectivity index (χ0) is 15.9. The smallest absolute Gasteiger partial charge is 0.337 e. The quantitative estimate of drug-likeness (QED) is 0.704. The van der Waals surface area contributed by atoms with Crippen LogP contribution in [-0.4, -0.2) is 34.1 Å². The number of esters is 1. The third-order valence-corrected chi connectivity index (χ3v) is 4.60. The monoisotopic (exact) mass is 314 g/mol. The highest BCUT2D eigenvalue weighted by Crippen LogP contribution is 2.13. The van der Waals surface area contributed by atoms with Crippen LogP contribution in [0, 0.1) is 0 Å². The number of methoxy groups -OCH3 is 1. The average molecular weight is 314 g/mol. The molecular weight excluding hydrogens is 292 g/mol. The normalized spacial score (nSPS) is 12.9. The van der Waals surface area contributed by atoms with Crippen molar-refractivity contribution in [1.29, 1.82) is 0 Å². The van der Waals surface area contributed by atoms with E-state index in [0.717, 1.165) is 12.8 Å². The SMILES string of the molecule is CCCCC(CN)NS(=O)(=O)c1cccc(C(=O)OC)c1. The first-order valence-electron chi connectivity index (χ1n) is 6.85. The van der Waals surface area contributed by atoms with E-state index in [1.54, 1.807) is 0 Å². The predicted octanol–water partition coefficient (Wildman–Crippen LogP) is 1.27. The third-order valence-electron chi connectivity index (χ3n) is 3.08. The standard InChI is InChI=1S/C14H22N2O4S/c1-3-4-7-12(10-15)16-21(18,19)13-8-5-6-11(9-13)14(17)20-2/h5-6,8-9,12,16H,3-4,7,10,15H2,1-2H3. The van der Waals surface area contributed by atoms with Crippen LogP contribution in [0.15, 0.2) is 29.2 Å². The molecule has 1 aromatic rings. The molecule has 0 aromatic heterocycles. The first-order valence-corrected chi connectivity index (χ1v) is 8.33. The summed E-state index contributed by atoms with van der Waals surface area (Å²) < 4.78 is 31.8. The Labute approximate surface area is 125 Å². The molecule has 21 heavy (non-hydrogen) atoms. The van der Waals surface area contributed by atoms with Crippen molar-refractivity contribution in [3.05, 3.63) is 29.8 Å². The highest BCUT2D eigenvalue weighted by Gasteiger charge is 2.20. The fourth-order valence-electron chi connectivity index (χ4n) is 1.87. The number of hydrogen-bond acceptors (Lipinski definition) is 5. The fourth-order valence-corrected chi connectivity index (χ4v) is 3.20. The molecule has 1 unspecified atom stereocenters. The van der Waals surface area contributed by atoms with Crippen LogP contribution in [0.4, 0.5) is 0 Å². The van der Waals surface area contributed by atoms with E-state index < -0.39 is 16.0 Å². The zero-order valence-corrected chi connectivity index (χ0v) is 13.2. The fraction of sp³-hybridized carbons (Fsp3) is 0.500. The largest absolute Gasteiger partial charge is 0.465 e. The van der Waals surface area contributed by atoms with Gasteiger partial charge in [0.1, 0.15) is 0 Å². The van der Waals surface area contributed by atoms with Crippen LogP contribution >= 0.6 is 0 Å². The Balaban J connectivity index is 2.94. The van der Waals surface area contributed by atoms with E-state index >= 15 is 0 Å². The molecule has 0 radical (unpaired) electrons. The van der Waals surface area contributed by atoms with Crippen LogP contribution in [0.25, 0.3) is 0 Å². The number of nitrogens with one attached hydrogen (secondary N) is 1. The van der Waals surface area contributed by atoms with Crippen molar-refractivity contribution in [3.8, 4) is 0 Å². The Morgan fingerprint density at radius 3 is 2.71 bits per heavy atom. The lowest BCUT2D eigenvalue weighted by molar-refractivity contribution is 0.0600. The van der Waals surface area contributed by atoms with Gasteiger partial charge in [0.2, 0.25) is 10.0 Å². The number of hydrogen-bond donors (Lipinski definition) is 2. The van der Waals surface area contributed by atoms with Crippen molar-refractivity contribution < 1.29 is 17.9 Å². The molecule has 0 fully saturated rings. The Morgan fingerprint density at radius 1 is 1.43 bits per heavy atom. The minimum Gasteiger partial charge on any atom is -0.465 e. The van der Waals surface area contributed by atoms with E-state index in [1.165, 1.54) is 31.4 Å². The van der Waals surface area contributed by atoms with Gasteiger partial charge in [-0.1, -0.05) is 25.8 Å². The summed E-state index contributed by atoms with van der Waals surface area (Å²) in [4.78, 5) is 11.5. The summed E-state index contributed by atoms with van der Waals surface area (Å²) in [6.07, 6.45) is 2.55. The second kappa shape index (κ2) is 8.11.